The van der Waals surface area contributed by atoms with Gasteiger partial charge < -0.3 is 18.9 Å². The number of hydrogen-bond donors (Lipinski definition) is 0. The van der Waals surface area contributed by atoms with Crippen molar-refractivity contribution in [3.05, 3.63) is 60.0 Å². The minimum absolute atomic E-state index is 0.0507. The summed E-state index contributed by atoms with van der Waals surface area (Å²) in [6.45, 7) is 0.687. The van der Waals surface area contributed by atoms with Crippen molar-refractivity contribution < 1.29 is 18.8 Å². The summed E-state index contributed by atoms with van der Waals surface area (Å²) in [7, 11) is 3.23. The van der Waals surface area contributed by atoms with Gasteiger partial charge in [0.1, 0.15) is 17.5 Å². The van der Waals surface area contributed by atoms with E-state index in [-0.39, 0.29) is 11.9 Å². The van der Waals surface area contributed by atoms with E-state index in [1.165, 1.54) is 0 Å². The number of carbonyl (C=O) groups is 1. The van der Waals surface area contributed by atoms with E-state index in [0.29, 0.717) is 30.4 Å². The summed E-state index contributed by atoms with van der Waals surface area (Å²) in [6, 6.07) is 14.9. The number of rotatable bonds is 6. The fourth-order valence-corrected chi connectivity index (χ4v) is 3.65. The maximum atomic E-state index is 12.9. The maximum absolute atomic E-state index is 12.9. The Morgan fingerprint density at radius 3 is 2.69 bits per heavy atom. The van der Waals surface area contributed by atoms with Gasteiger partial charge in [0, 0.05) is 6.54 Å². The Morgan fingerprint density at radius 1 is 1.14 bits per heavy atom. The van der Waals surface area contributed by atoms with Crippen molar-refractivity contribution in [2.45, 2.75) is 25.3 Å². The quantitative estimate of drug-likeness (QED) is 0.636. The molecule has 0 radical (unpaired) electrons. The fourth-order valence-electron chi connectivity index (χ4n) is 3.65. The Kier molecular flexibility index (Phi) is 5.46. The highest BCUT2D eigenvalue weighted by Crippen LogP contribution is 2.34. The fraction of sp³-hybridized carbons (Fsp3) is 0.318. The van der Waals surface area contributed by atoms with Crippen molar-refractivity contribution >= 4 is 5.91 Å². The number of benzene rings is 2. The van der Waals surface area contributed by atoms with E-state index in [2.05, 4.69) is 10.1 Å². The molecule has 1 aliphatic heterocycles. The lowest BCUT2D eigenvalue weighted by atomic mass is 10.1. The van der Waals surface area contributed by atoms with Crippen molar-refractivity contribution in [1.82, 2.24) is 15.0 Å². The number of aromatic nitrogens is 2. The maximum Gasteiger partial charge on any atom is 0.249 e. The van der Waals surface area contributed by atoms with Crippen LogP contribution in [0.15, 0.2) is 53.1 Å². The SMILES string of the molecule is COc1ccc(CC(=O)N2CCC[C@@H]2c2nc(-c3ccccc3OC)no2)cc1. The van der Waals surface area contributed by atoms with Gasteiger partial charge in [-0.1, -0.05) is 29.4 Å². The molecule has 2 aromatic carbocycles. The third-order valence-electron chi connectivity index (χ3n) is 5.16. The highest BCUT2D eigenvalue weighted by atomic mass is 16.5. The number of likely N-dealkylation sites (tertiary alicyclic amines) is 1. The van der Waals surface area contributed by atoms with E-state index in [1.807, 2.05) is 53.4 Å². The molecule has 0 unspecified atom stereocenters. The van der Waals surface area contributed by atoms with Crippen LogP contribution in [-0.4, -0.2) is 41.7 Å². The number of hydrogen-bond acceptors (Lipinski definition) is 6. The molecule has 7 nitrogen and oxygen atoms in total. The molecular formula is C22H23N3O4. The molecule has 4 rings (SSSR count). The van der Waals surface area contributed by atoms with Crippen LogP contribution in [0.1, 0.15) is 30.3 Å². The number of para-hydroxylation sites is 1. The van der Waals surface area contributed by atoms with Crippen molar-refractivity contribution in [2.24, 2.45) is 0 Å². The average molecular weight is 393 g/mol. The first-order valence-electron chi connectivity index (χ1n) is 9.59. The van der Waals surface area contributed by atoms with Gasteiger partial charge >= 0.3 is 0 Å². The number of nitrogens with zero attached hydrogens (tertiary/aromatic N) is 3. The predicted molar refractivity (Wildman–Crippen MR) is 107 cm³/mol. The number of methoxy groups -OCH3 is 2. The molecular weight excluding hydrogens is 370 g/mol. The molecule has 150 valence electrons. The summed E-state index contributed by atoms with van der Waals surface area (Å²) < 4.78 is 16.1. The zero-order valence-corrected chi connectivity index (χ0v) is 16.5. The van der Waals surface area contributed by atoms with Crippen LogP contribution in [0.5, 0.6) is 11.5 Å². The van der Waals surface area contributed by atoms with Crippen molar-refractivity contribution in [1.29, 1.82) is 0 Å². The molecule has 1 fully saturated rings. The van der Waals surface area contributed by atoms with Crippen LogP contribution in [0.3, 0.4) is 0 Å². The normalized spacial score (nSPS) is 16.1. The molecule has 0 aliphatic carbocycles. The third-order valence-corrected chi connectivity index (χ3v) is 5.16. The highest BCUT2D eigenvalue weighted by Gasteiger charge is 2.34. The predicted octanol–water partition coefficient (Wildman–Crippen LogP) is 3.66. The molecule has 2 heterocycles. The molecule has 29 heavy (non-hydrogen) atoms. The second-order valence-electron chi connectivity index (χ2n) is 6.93. The van der Waals surface area contributed by atoms with Gasteiger partial charge in [-0.3, -0.25) is 4.79 Å². The van der Waals surface area contributed by atoms with E-state index in [0.717, 1.165) is 29.7 Å². The summed E-state index contributed by atoms with van der Waals surface area (Å²) in [6.07, 6.45) is 2.04. The van der Waals surface area contributed by atoms with Gasteiger partial charge in [-0.2, -0.15) is 4.98 Å². The van der Waals surface area contributed by atoms with Gasteiger partial charge in [-0.05, 0) is 42.7 Å². The molecule has 1 saturated heterocycles. The highest BCUT2D eigenvalue weighted by molar-refractivity contribution is 5.79. The van der Waals surface area contributed by atoms with E-state index in [4.69, 9.17) is 14.0 Å². The smallest absolute Gasteiger partial charge is 0.249 e. The van der Waals surface area contributed by atoms with E-state index in [1.54, 1.807) is 14.2 Å². The van der Waals surface area contributed by atoms with Gasteiger partial charge in [0.25, 0.3) is 0 Å². The lowest BCUT2D eigenvalue weighted by Gasteiger charge is -2.22. The topological polar surface area (TPSA) is 77.7 Å². The van der Waals surface area contributed by atoms with Gasteiger partial charge in [0.15, 0.2) is 0 Å². The Morgan fingerprint density at radius 2 is 1.93 bits per heavy atom. The van der Waals surface area contributed by atoms with Crippen LogP contribution in [-0.2, 0) is 11.2 Å². The molecule has 0 spiro atoms. The van der Waals surface area contributed by atoms with E-state index in [9.17, 15) is 4.79 Å². The Balaban J connectivity index is 1.51. The van der Waals surface area contributed by atoms with Crippen LogP contribution < -0.4 is 9.47 Å². The molecule has 1 aromatic heterocycles. The Labute approximate surface area is 169 Å². The molecule has 0 N–H and O–H groups in total. The van der Waals surface area contributed by atoms with Gasteiger partial charge in [0.2, 0.25) is 17.6 Å². The van der Waals surface area contributed by atoms with Gasteiger partial charge in [0.05, 0.1) is 26.2 Å². The second kappa shape index (κ2) is 8.34. The van der Waals surface area contributed by atoms with Gasteiger partial charge in [-0.25, -0.2) is 0 Å². The third kappa shape index (κ3) is 3.94. The molecule has 7 heteroatoms. The summed E-state index contributed by atoms with van der Waals surface area (Å²) in [5.74, 6) is 2.43. The van der Waals surface area contributed by atoms with Gasteiger partial charge in [-0.15, -0.1) is 0 Å². The second-order valence-corrected chi connectivity index (χ2v) is 6.93. The average Bonchev–Trinajstić information content (AvgIpc) is 3.43. The van der Waals surface area contributed by atoms with Crippen LogP contribution in [0.2, 0.25) is 0 Å². The zero-order valence-electron chi connectivity index (χ0n) is 16.5. The molecule has 3 aromatic rings. The lowest BCUT2D eigenvalue weighted by molar-refractivity contribution is -0.131. The lowest BCUT2D eigenvalue weighted by Crippen LogP contribution is -2.32. The molecule has 1 atom stereocenters. The standard InChI is InChI=1S/C22H23N3O4/c1-27-16-11-9-15(10-12-16)14-20(26)25-13-5-7-18(25)22-23-21(24-29-22)17-6-3-4-8-19(17)28-2/h3-4,6,8-12,18H,5,7,13-14H2,1-2H3/t18-/m1/s1. The number of carbonyl (C=O) groups excluding carboxylic acids is 1. The largest absolute Gasteiger partial charge is 0.497 e. The van der Waals surface area contributed by atoms with E-state index < -0.39 is 0 Å². The first-order chi connectivity index (χ1) is 14.2. The first-order valence-corrected chi connectivity index (χ1v) is 9.59. The van der Waals surface area contributed by atoms with Crippen molar-refractivity contribution in [2.75, 3.05) is 20.8 Å². The molecule has 1 aliphatic rings. The summed E-state index contributed by atoms with van der Waals surface area (Å²) >= 11 is 0. The first kappa shape index (κ1) is 19.0. The monoisotopic (exact) mass is 393 g/mol. The van der Waals surface area contributed by atoms with Crippen LogP contribution in [0.4, 0.5) is 0 Å². The Hall–Kier alpha value is -3.35. The van der Waals surface area contributed by atoms with Crippen LogP contribution in [0, 0.1) is 0 Å². The minimum atomic E-state index is -0.197. The summed E-state index contributed by atoms with van der Waals surface area (Å²) in [5.41, 5.74) is 1.71. The van der Waals surface area contributed by atoms with E-state index >= 15 is 0 Å². The summed E-state index contributed by atoms with van der Waals surface area (Å²) in [5, 5.41) is 4.12. The van der Waals surface area contributed by atoms with Crippen LogP contribution in [0.25, 0.3) is 11.4 Å². The number of ether oxygens (including phenoxy) is 2. The van der Waals surface area contributed by atoms with Crippen molar-refractivity contribution in [3.63, 3.8) is 0 Å². The minimum Gasteiger partial charge on any atom is -0.497 e. The molecule has 0 bridgehead atoms. The zero-order chi connectivity index (χ0) is 20.2. The molecule has 1 amide bonds. The van der Waals surface area contributed by atoms with Crippen LogP contribution >= 0.6 is 0 Å². The number of amides is 1. The van der Waals surface area contributed by atoms with Crippen molar-refractivity contribution in [3.8, 4) is 22.9 Å². The Bertz CT molecular complexity index is 984. The molecule has 0 saturated carbocycles. The summed E-state index contributed by atoms with van der Waals surface area (Å²) in [4.78, 5) is 19.3.